The lowest BCUT2D eigenvalue weighted by Gasteiger charge is -2.25. The van der Waals surface area contributed by atoms with Crippen LogP contribution in [0.3, 0.4) is 0 Å². The average molecular weight is 383 g/mol. The van der Waals surface area contributed by atoms with Gasteiger partial charge in [0.25, 0.3) is 0 Å². The monoisotopic (exact) mass is 383 g/mol. The van der Waals surface area contributed by atoms with Crippen LogP contribution in [0.15, 0.2) is 47.8 Å². The minimum absolute atomic E-state index is 0.0755. The van der Waals surface area contributed by atoms with Crippen molar-refractivity contribution in [2.24, 2.45) is 0 Å². The van der Waals surface area contributed by atoms with Crippen molar-refractivity contribution in [2.75, 3.05) is 19.5 Å². The zero-order valence-corrected chi connectivity index (χ0v) is 15.7. The normalized spacial score (nSPS) is 15.8. The number of amides is 1. The fraction of sp³-hybridized carbons (Fsp3) is 0.190. The molecule has 2 aromatic carbocycles. The van der Waals surface area contributed by atoms with Crippen molar-refractivity contribution in [1.82, 2.24) is 0 Å². The standard InChI is InChI=1S/C21H18FNO3S/c1-25-14-6-7-18(26-2)15(9-14)16-10-19(24)23-20-17(11-27-21(16)20)12-4-3-5-13(22)8-12/h3-9,11,16H,10H2,1-2H3,(H,23,24)/t16-/m1/s1. The van der Waals surface area contributed by atoms with Gasteiger partial charge in [-0.25, -0.2) is 4.39 Å². The van der Waals surface area contributed by atoms with Gasteiger partial charge in [-0.1, -0.05) is 12.1 Å². The molecule has 0 bridgehead atoms. The number of rotatable bonds is 4. The van der Waals surface area contributed by atoms with E-state index in [-0.39, 0.29) is 17.6 Å². The number of nitrogens with one attached hydrogen (secondary N) is 1. The lowest BCUT2D eigenvalue weighted by molar-refractivity contribution is -0.116. The van der Waals surface area contributed by atoms with E-state index in [1.807, 2.05) is 29.6 Å². The molecule has 1 aromatic heterocycles. The van der Waals surface area contributed by atoms with Gasteiger partial charge in [-0.3, -0.25) is 4.79 Å². The summed E-state index contributed by atoms with van der Waals surface area (Å²) in [4.78, 5) is 13.5. The summed E-state index contributed by atoms with van der Waals surface area (Å²) in [7, 11) is 3.22. The molecule has 138 valence electrons. The maximum Gasteiger partial charge on any atom is 0.225 e. The van der Waals surface area contributed by atoms with Gasteiger partial charge >= 0.3 is 0 Å². The van der Waals surface area contributed by atoms with Gasteiger partial charge in [0.05, 0.1) is 19.9 Å². The molecule has 0 fully saturated rings. The third-order valence-corrected chi connectivity index (χ3v) is 5.83. The Labute approximate surface area is 160 Å². The molecule has 4 nitrogen and oxygen atoms in total. The van der Waals surface area contributed by atoms with Gasteiger partial charge in [-0.2, -0.15) is 0 Å². The van der Waals surface area contributed by atoms with Crippen LogP contribution in [-0.4, -0.2) is 20.1 Å². The number of halogens is 1. The molecule has 27 heavy (non-hydrogen) atoms. The largest absolute Gasteiger partial charge is 0.497 e. The number of fused-ring (bicyclic) bond motifs is 1. The summed E-state index contributed by atoms with van der Waals surface area (Å²) in [5, 5.41) is 4.93. The minimum atomic E-state index is -0.305. The first-order chi connectivity index (χ1) is 13.1. The number of anilines is 1. The van der Waals surface area contributed by atoms with E-state index < -0.39 is 0 Å². The molecule has 0 saturated heterocycles. The van der Waals surface area contributed by atoms with Gasteiger partial charge < -0.3 is 14.8 Å². The van der Waals surface area contributed by atoms with Crippen LogP contribution in [0.2, 0.25) is 0 Å². The Morgan fingerprint density at radius 1 is 1.15 bits per heavy atom. The predicted octanol–water partition coefficient (Wildman–Crippen LogP) is 5.05. The summed E-state index contributed by atoms with van der Waals surface area (Å²) in [6.45, 7) is 0. The predicted molar refractivity (Wildman–Crippen MR) is 104 cm³/mol. The van der Waals surface area contributed by atoms with Gasteiger partial charge in [0.1, 0.15) is 17.3 Å². The lowest BCUT2D eigenvalue weighted by Crippen LogP contribution is -2.22. The van der Waals surface area contributed by atoms with E-state index in [0.29, 0.717) is 17.9 Å². The quantitative estimate of drug-likeness (QED) is 0.686. The number of carbonyl (C=O) groups excluding carboxylic acids is 1. The van der Waals surface area contributed by atoms with Crippen LogP contribution in [0, 0.1) is 5.82 Å². The number of carbonyl (C=O) groups is 1. The van der Waals surface area contributed by atoms with E-state index in [4.69, 9.17) is 9.47 Å². The maximum absolute atomic E-state index is 13.7. The molecule has 4 rings (SSSR count). The van der Waals surface area contributed by atoms with Crippen LogP contribution in [0.4, 0.5) is 10.1 Å². The lowest BCUT2D eigenvalue weighted by atomic mass is 9.88. The second-order valence-electron chi connectivity index (χ2n) is 6.31. The van der Waals surface area contributed by atoms with Gasteiger partial charge in [0, 0.05) is 33.7 Å². The number of methoxy groups -OCH3 is 2. The van der Waals surface area contributed by atoms with E-state index >= 15 is 0 Å². The second kappa shape index (κ2) is 7.04. The van der Waals surface area contributed by atoms with Crippen molar-refractivity contribution in [2.45, 2.75) is 12.3 Å². The van der Waals surface area contributed by atoms with E-state index in [1.54, 1.807) is 31.6 Å². The van der Waals surface area contributed by atoms with Crippen molar-refractivity contribution in [1.29, 1.82) is 0 Å². The van der Waals surface area contributed by atoms with Crippen molar-refractivity contribution >= 4 is 22.9 Å². The molecular formula is C21H18FNO3S. The summed E-state index contributed by atoms with van der Waals surface area (Å²) < 4.78 is 24.6. The Balaban J connectivity index is 1.85. The topological polar surface area (TPSA) is 47.6 Å². The summed E-state index contributed by atoms with van der Waals surface area (Å²) in [6.07, 6.45) is 0.319. The fourth-order valence-corrected chi connectivity index (χ4v) is 4.61. The fourth-order valence-electron chi connectivity index (χ4n) is 3.46. The smallest absolute Gasteiger partial charge is 0.225 e. The molecule has 1 amide bonds. The van der Waals surface area contributed by atoms with Crippen LogP contribution in [0.25, 0.3) is 11.1 Å². The van der Waals surface area contributed by atoms with Gasteiger partial charge in [0.2, 0.25) is 5.91 Å². The SMILES string of the molecule is COc1ccc(OC)c([C@H]2CC(=O)Nc3c(-c4cccc(F)c4)csc32)c1. The first kappa shape index (κ1) is 17.5. The number of benzene rings is 2. The molecule has 6 heteroatoms. The first-order valence-corrected chi connectivity index (χ1v) is 9.37. The zero-order valence-electron chi connectivity index (χ0n) is 14.9. The molecule has 0 unspecified atom stereocenters. The Morgan fingerprint density at radius 2 is 2.00 bits per heavy atom. The zero-order chi connectivity index (χ0) is 19.0. The third-order valence-electron chi connectivity index (χ3n) is 4.74. The maximum atomic E-state index is 13.7. The minimum Gasteiger partial charge on any atom is -0.497 e. The number of hydrogen-bond donors (Lipinski definition) is 1. The number of hydrogen-bond acceptors (Lipinski definition) is 4. The Hall–Kier alpha value is -2.86. The van der Waals surface area contributed by atoms with Crippen LogP contribution >= 0.6 is 11.3 Å². The molecule has 2 heterocycles. The summed E-state index contributed by atoms with van der Waals surface area (Å²) in [5.41, 5.74) is 3.22. The Morgan fingerprint density at radius 3 is 2.74 bits per heavy atom. The highest BCUT2D eigenvalue weighted by Crippen LogP contribution is 2.48. The molecular weight excluding hydrogens is 365 g/mol. The highest BCUT2D eigenvalue weighted by Gasteiger charge is 2.32. The van der Waals surface area contributed by atoms with Crippen molar-refractivity contribution < 1.29 is 18.7 Å². The van der Waals surface area contributed by atoms with Gasteiger partial charge in [0.15, 0.2) is 0 Å². The molecule has 1 atom stereocenters. The molecule has 0 spiro atoms. The number of ether oxygens (including phenoxy) is 2. The van der Waals surface area contributed by atoms with Crippen molar-refractivity contribution in [3.05, 3.63) is 64.1 Å². The summed E-state index contributed by atoms with van der Waals surface area (Å²) in [6, 6.07) is 12.0. The molecule has 3 aromatic rings. The number of thiophene rings is 1. The third kappa shape index (κ3) is 3.17. The average Bonchev–Trinajstić information content (AvgIpc) is 3.10. The Kier molecular flexibility index (Phi) is 4.58. The van der Waals surface area contributed by atoms with E-state index in [2.05, 4.69) is 5.32 Å². The highest BCUT2D eigenvalue weighted by atomic mass is 32.1. The van der Waals surface area contributed by atoms with Crippen LogP contribution in [-0.2, 0) is 4.79 Å². The molecule has 0 aliphatic carbocycles. The van der Waals surface area contributed by atoms with E-state index in [1.165, 1.54) is 12.1 Å². The second-order valence-corrected chi connectivity index (χ2v) is 7.22. The molecule has 1 aliphatic rings. The van der Waals surface area contributed by atoms with E-state index in [9.17, 15) is 9.18 Å². The van der Waals surface area contributed by atoms with Crippen molar-refractivity contribution in [3.63, 3.8) is 0 Å². The van der Waals surface area contributed by atoms with Crippen LogP contribution in [0.5, 0.6) is 11.5 Å². The van der Waals surface area contributed by atoms with Crippen LogP contribution in [0.1, 0.15) is 22.8 Å². The Bertz CT molecular complexity index is 1010. The molecule has 0 saturated carbocycles. The summed E-state index contributed by atoms with van der Waals surface area (Å²) in [5.74, 6) is 0.891. The highest BCUT2D eigenvalue weighted by molar-refractivity contribution is 7.11. The van der Waals surface area contributed by atoms with E-state index in [0.717, 1.165) is 27.3 Å². The van der Waals surface area contributed by atoms with Gasteiger partial charge in [-0.15, -0.1) is 11.3 Å². The van der Waals surface area contributed by atoms with Gasteiger partial charge in [-0.05, 0) is 35.9 Å². The summed E-state index contributed by atoms with van der Waals surface area (Å²) >= 11 is 1.56. The first-order valence-electron chi connectivity index (χ1n) is 8.49. The molecule has 0 radical (unpaired) electrons. The molecule has 1 N–H and O–H groups in total. The molecule has 1 aliphatic heterocycles. The van der Waals surface area contributed by atoms with Crippen molar-refractivity contribution in [3.8, 4) is 22.6 Å². The van der Waals surface area contributed by atoms with Crippen LogP contribution < -0.4 is 14.8 Å².